The minimum atomic E-state index is -0.780. The van der Waals surface area contributed by atoms with Crippen molar-refractivity contribution in [2.75, 3.05) is 0 Å². The summed E-state index contributed by atoms with van der Waals surface area (Å²) in [6.45, 7) is 6.41. The monoisotopic (exact) mass is 445 g/mol. The molecule has 10 heteroatoms. The van der Waals surface area contributed by atoms with E-state index in [4.69, 9.17) is 0 Å². The summed E-state index contributed by atoms with van der Waals surface area (Å²) >= 11 is 1.35. The van der Waals surface area contributed by atoms with Crippen molar-refractivity contribution in [2.45, 2.75) is 33.7 Å². The van der Waals surface area contributed by atoms with Crippen molar-refractivity contribution in [3.8, 4) is 21.7 Å². The second kappa shape index (κ2) is 9.17. The molecule has 1 atom stereocenters. The lowest BCUT2D eigenvalue weighted by Crippen LogP contribution is -2.46. The van der Waals surface area contributed by atoms with E-state index in [1.54, 1.807) is 26.1 Å². The van der Waals surface area contributed by atoms with Gasteiger partial charge in [-0.15, -0.1) is 11.3 Å². The lowest BCUT2D eigenvalue weighted by Gasteiger charge is -2.16. The van der Waals surface area contributed by atoms with E-state index in [1.807, 2.05) is 6.92 Å². The molecule has 3 N–H and O–H groups in total. The zero-order valence-electron chi connectivity index (χ0n) is 17.3. The summed E-state index contributed by atoms with van der Waals surface area (Å²) in [5.41, 5.74) is 6.10. The third-order valence-electron chi connectivity index (χ3n) is 4.36. The molecule has 0 saturated heterocycles. The topological polar surface area (TPSA) is 96.0 Å². The Labute approximate surface area is 181 Å². The number of benzene rings is 1. The summed E-state index contributed by atoms with van der Waals surface area (Å²) in [7, 11) is 0. The molecule has 7 nitrogen and oxygen atoms in total. The zero-order valence-corrected chi connectivity index (χ0v) is 18.2. The molecule has 0 spiro atoms. The number of carbonyl (C=O) groups is 2. The lowest BCUT2D eigenvalue weighted by molar-refractivity contribution is -0.119. The van der Waals surface area contributed by atoms with Crippen LogP contribution in [0.1, 0.15) is 36.0 Å². The molecule has 2 aromatic heterocycles. The number of halogens is 2. The average Bonchev–Trinajstić information content (AvgIpc) is 3.11. The first-order chi connectivity index (χ1) is 14.7. The molecular formula is C21H21F2N5O2S. The number of carbonyl (C=O) groups excluding carboxylic acids is 2. The predicted molar refractivity (Wildman–Crippen MR) is 114 cm³/mol. The van der Waals surface area contributed by atoms with Gasteiger partial charge >= 0.3 is 6.03 Å². The van der Waals surface area contributed by atoms with Gasteiger partial charge in [0.15, 0.2) is 0 Å². The van der Waals surface area contributed by atoms with Crippen molar-refractivity contribution in [1.29, 1.82) is 0 Å². The quantitative estimate of drug-likeness (QED) is 0.525. The van der Waals surface area contributed by atoms with Crippen LogP contribution in [0, 0.1) is 25.5 Å². The number of pyridine rings is 1. The number of hydrogen-bond donors (Lipinski definition) is 3. The largest absolute Gasteiger partial charge is 0.334 e. The van der Waals surface area contributed by atoms with Gasteiger partial charge in [0.2, 0.25) is 5.91 Å². The number of amides is 3. The van der Waals surface area contributed by atoms with E-state index < -0.39 is 29.6 Å². The van der Waals surface area contributed by atoms with E-state index in [2.05, 4.69) is 26.1 Å². The number of nitrogens with one attached hydrogen (secondary N) is 3. The maximum Gasteiger partial charge on any atom is 0.334 e. The van der Waals surface area contributed by atoms with Crippen LogP contribution in [0.5, 0.6) is 0 Å². The zero-order chi connectivity index (χ0) is 22.7. The van der Waals surface area contributed by atoms with Gasteiger partial charge in [-0.2, -0.15) is 0 Å². The Morgan fingerprint density at radius 3 is 2.39 bits per heavy atom. The van der Waals surface area contributed by atoms with Crippen LogP contribution in [0.25, 0.3) is 21.7 Å². The van der Waals surface area contributed by atoms with Gasteiger partial charge in [-0.05, 0) is 44.0 Å². The van der Waals surface area contributed by atoms with E-state index in [0.717, 1.165) is 4.88 Å². The molecule has 3 rings (SSSR count). The lowest BCUT2D eigenvalue weighted by atomic mass is 9.97. The fraction of sp³-hybridized carbons (Fsp3) is 0.238. The molecule has 0 unspecified atom stereocenters. The molecule has 2 heterocycles. The van der Waals surface area contributed by atoms with Crippen LogP contribution in [-0.2, 0) is 4.79 Å². The first-order valence-corrected chi connectivity index (χ1v) is 10.2. The van der Waals surface area contributed by atoms with Gasteiger partial charge in [0.1, 0.15) is 16.6 Å². The van der Waals surface area contributed by atoms with Crippen molar-refractivity contribution >= 4 is 23.3 Å². The maximum absolute atomic E-state index is 14.9. The molecule has 0 radical (unpaired) electrons. The highest BCUT2D eigenvalue weighted by atomic mass is 32.1. The third kappa shape index (κ3) is 5.21. The number of aryl methyl sites for hydroxylation is 2. The van der Waals surface area contributed by atoms with Gasteiger partial charge < -0.3 is 5.32 Å². The Morgan fingerprint density at radius 2 is 1.77 bits per heavy atom. The van der Waals surface area contributed by atoms with Crippen LogP contribution in [0.4, 0.5) is 13.6 Å². The number of rotatable bonds is 4. The Kier molecular flexibility index (Phi) is 6.59. The fourth-order valence-electron chi connectivity index (χ4n) is 3.02. The molecule has 0 fully saturated rings. The first kappa shape index (κ1) is 22.3. The maximum atomic E-state index is 14.9. The normalized spacial score (nSPS) is 11.7. The number of hydrogen-bond acceptors (Lipinski definition) is 5. The Balaban J connectivity index is 1.93. The molecule has 0 aliphatic heterocycles. The van der Waals surface area contributed by atoms with Crippen LogP contribution in [0.3, 0.4) is 0 Å². The van der Waals surface area contributed by atoms with E-state index in [1.165, 1.54) is 36.6 Å². The van der Waals surface area contributed by atoms with Crippen LogP contribution in [0.2, 0.25) is 0 Å². The number of urea groups is 1. The van der Waals surface area contributed by atoms with Gasteiger partial charge in [-0.1, -0.05) is 6.07 Å². The number of hydrazine groups is 1. The van der Waals surface area contributed by atoms with Gasteiger partial charge in [0, 0.05) is 29.8 Å². The van der Waals surface area contributed by atoms with Gasteiger partial charge in [0.05, 0.1) is 17.3 Å². The fourth-order valence-corrected chi connectivity index (χ4v) is 3.84. The van der Waals surface area contributed by atoms with Crippen LogP contribution < -0.4 is 16.2 Å². The molecule has 162 valence electrons. The molecule has 0 bridgehead atoms. The smallest absolute Gasteiger partial charge is 0.329 e. The number of nitrogens with zero attached hydrogens (tertiary/aromatic N) is 2. The molecule has 31 heavy (non-hydrogen) atoms. The summed E-state index contributed by atoms with van der Waals surface area (Å²) in [6.07, 6.45) is 3.09. The van der Waals surface area contributed by atoms with Crippen LogP contribution in [0.15, 0.2) is 30.6 Å². The SMILES string of the molecule is CC(=O)NNC(=O)N[C@H](C)c1ncc(-c2cc(C)cc(F)c2-c2ncc(C)s2)cc1F. The predicted octanol–water partition coefficient (Wildman–Crippen LogP) is 4.18. The highest BCUT2D eigenvalue weighted by Gasteiger charge is 2.20. The summed E-state index contributed by atoms with van der Waals surface area (Å²) in [5, 5.41) is 2.97. The van der Waals surface area contributed by atoms with Crippen LogP contribution >= 0.6 is 11.3 Å². The Hall–Kier alpha value is -3.40. The van der Waals surface area contributed by atoms with Crippen molar-refractivity contribution < 1.29 is 18.4 Å². The van der Waals surface area contributed by atoms with Gasteiger partial charge in [-0.3, -0.25) is 15.2 Å². The summed E-state index contributed by atoms with van der Waals surface area (Å²) in [4.78, 5) is 32.0. The Morgan fingerprint density at radius 1 is 1.03 bits per heavy atom. The van der Waals surface area contributed by atoms with E-state index in [9.17, 15) is 18.4 Å². The van der Waals surface area contributed by atoms with Crippen LogP contribution in [-0.4, -0.2) is 21.9 Å². The van der Waals surface area contributed by atoms with Crippen molar-refractivity contribution in [3.05, 3.63) is 58.4 Å². The third-order valence-corrected chi connectivity index (χ3v) is 5.29. The highest BCUT2D eigenvalue weighted by Crippen LogP contribution is 2.37. The molecule has 0 aliphatic carbocycles. The van der Waals surface area contributed by atoms with Gasteiger partial charge in [0.25, 0.3) is 0 Å². The minimum Gasteiger partial charge on any atom is -0.329 e. The number of aromatic nitrogens is 2. The van der Waals surface area contributed by atoms with Gasteiger partial charge in [-0.25, -0.2) is 24.0 Å². The molecule has 3 aromatic rings. The molecular weight excluding hydrogens is 424 g/mol. The summed E-state index contributed by atoms with van der Waals surface area (Å²) in [6, 6.07) is 2.93. The second-order valence-electron chi connectivity index (χ2n) is 7.04. The van der Waals surface area contributed by atoms with E-state index in [0.29, 0.717) is 27.3 Å². The minimum absolute atomic E-state index is 0.00138. The second-order valence-corrected chi connectivity index (χ2v) is 8.27. The average molecular weight is 445 g/mol. The molecule has 1 aromatic carbocycles. The molecule has 0 aliphatic rings. The first-order valence-electron chi connectivity index (χ1n) is 9.37. The standard InChI is InChI=1S/C21H21F2N5O2S/c1-10-5-15(18(16(22)6-10)20-25-8-11(2)31-20)14-7-17(23)19(24-9-14)12(3)26-21(30)28-27-13(4)29/h5-9,12H,1-4H3,(H,27,29)(H2,26,28,30)/t12-/m1/s1. The summed E-state index contributed by atoms with van der Waals surface area (Å²) in [5.74, 6) is -1.56. The van der Waals surface area contributed by atoms with E-state index in [-0.39, 0.29) is 5.69 Å². The highest BCUT2D eigenvalue weighted by molar-refractivity contribution is 7.15. The van der Waals surface area contributed by atoms with Crippen molar-refractivity contribution in [1.82, 2.24) is 26.1 Å². The van der Waals surface area contributed by atoms with Crippen molar-refractivity contribution in [2.24, 2.45) is 0 Å². The summed E-state index contributed by atoms with van der Waals surface area (Å²) < 4.78 is 29.7. The Bertz CT molecular complexity index is 1150. The van der Waals surface area contributed by atoms with E-state index >= 15 is 0 Å². The van der Waals surface area contributed by atoms with Crippen molar-refractivity contribution in [3.63, 3.8) is 0 Å². The molecule has 3 amide bonds. The molecule has 0 saturated carbocycles. The number of thiazole rings is 1.